The summed E-state index contributed by atoms with van der Waals surface area (Å²) in [6, 6.07) is 7.76. The molecule has 2 aromatic rings. The third-order valence-corrected chi connectivity index (χ3v) is 5.36. The van der Waals surface area contributed by atoms with Gasteiger partial charge in [-0.25, -0.2) is 4.98 Å². The van der Waals surface area contributed by atoms with Gasteiger partial charge in [0.05, 0.1) is 16.7 Å². The van der Waals surface area contributed by atoms with Crippen LogP contribution in [0.2, 0.25) is 0 Å². The monoisotopic (exact) mass is 345 g/mol. The molecule has 1 fully saturated rings. The van der Waals surface area contributed by atoms with E-state index in [1.807, 2.05) is 31.2 Å². The molecule has 0 radical (unpaired) electrons. The van der Waals surface area contributed by atoms with Gasteiger partial charge in [-0.15, -0.1) is 0 Å². The van der Waals surface area contributed by atoms with Crippen molar-refractivity contribution in [2.24, 2.45) is 5.92 Å². The summed E-state index contributed by atoms with van der Waals surface area (Å²) < 4.78 is 1.77. The fourth-order valence-electron chi connectivity index (χ4n) is 2.47. The number of nitrogens with one attached hydrogen (secondary N) is 1. The predicted octanol–water partition coefficient (Wildman–Crippen LogP) is 2.98. The molecule has 1 heterocycles. The van der Waals surface area contributed by atoms with E-state index in [0.29, 0.717) is 22.0 Å². The zero-order valence-corrected chi connectivity index (χ0v) is 15.1. The zero-order valence-electron chi connectivity index (χ0n) is 14.3. The van der Waals surface area contributed by atoms with Crippen LogP contribution in [-0.4, -0.2) is 27.3 Å². The number of nitrogens with zero attached hydrogens (tertiary/aromatic N) is 2. The summed E-state index contributed by atoms with van der Waals surface area (Å²) >= 11 is 1.35. The maximum absolute atomic E-state index is 12.8. The van der Waals surface area contributed by atoms with E-state index < -0.39 is 0 Å². The molecular formula is C18H23N3O2S. The van der Waals surface area contributed by atoms with E-state index in [-0.39, 0.29) is 29.3 Å². The lowest BCUT2D eigenvalue weighted by atomic mass is 10.1. The van der Waals surface area contributed by atoms with Crippen LogP contribution in [0.1, 0.15) is 39.7 Å². The minimum absolute atomic E-state index is 0.00144. The summed E-state index contributed by atoms with van der Waals surface area (Å²) in [4.78, 5) is 29.5. The number of carbonyl (C=O) groups is 1. The Morgan fingerprint density at radius 1 is 1.33 bits per heavy atom. The first-order valence-corrected chi connectivity index (χ1v) is 9.39. The second kappa shape index (κ2) is 6.97. The van der Waals surface area contributed by atoms with Crippen molar-refractivity contribution in [2.45, 2.75) is 50.9 Å². The minimum Gasteiger partial charge on any atom is -0.353 e. The number of fused-ring (bicyclic) bond motifs is 1. The van der Waals surface area contributed by atoms with Gasteiger partial charge in [0.1, 0.15) is 0 Å². The Bertz CT molecular complexity index is 812. The summed E-state index contributed by atoms with van der Waals surface area (Å²) in [5.74, 6) is 0.641. The summed E-state index contributed by atoms with van der Waals surface area (Å²) in [5, 5.41) is 4.28. The van der Waals surface area contributed by atoms with Crippen LogP contribution in [0.15, 0.2) is 34.2 Å². The quantitative estimate of drug-likeness (QED) is 0.646. The Labute approximate surface area is 145 Å². The highest BCUT2D eigenvalue weighted by Gasteiger charge is 2.28. The maximum atomic E-state index is 12.8. The molecule has 0 unspecified atom stereocenters. The lowest BCUT2D eigenvalue weighted by Crippen LogP contribution is -2.37. The van der Waals surface area contributed by atoms with E-state index >= 15 is 0 Å². The number of hydrogen-bond acceptors (Lipinski definition) is 4. The standard InChI is InChI=1S/C18H23N3O2S/c1-11(2)12(3)19-16(22)10-24-18-20-15-7-5-4-6-14(15)17(23)21(18)13-8-9-13/h4-7,11-13H,8-10H2,1-3H3,(H,19,22)/t12-/m1/s1. The van der Waals surface area contributed by atoms with Crippen molar-refractivity contribution in [1.29, 1.82) is 0 Å². The van der Waals surface area contributed by atoms with Gasteiger partial charge in [-0.3, -0.25) is 14.2 Å². The van der Waals surface area contributed by atoms with Crippen molar-refractivity contribution in [3.8, 4) is 0 Å². The van der Waals surface area contributed by atoms with Crippen LogP contribution < -0.4 is 10.9 Å². The molecule has 1 N–H and O–H groups in total. The van der Waals surface area contributed by atoms with E-state index in [1.54, 1.807) is 4.57 Å². The van der Waals surface area contributed by atoms with Gasteiger partial charge in [0, 0.05) is 12.1 Å². The van der Waals surface area contributed by atoms with Gasteiger partial charge < -0.3 is 5.32 Å². The molecule has 1 aromatic carbocycles. The van der Waals surface area contributed by atoms with E-state index in [0.717, 1.165) is 12.8 Å². The molecular weight excluding hydrogens is 322 g/mol. The van der Waals surface area contributed by atoms with Crippen LogP contribution in [0, 0.1) is 5.92 Å². The smallest absolute Gasteiger partial charge is 0.262 e. The zero-order chi connectivity index (χ0) is 17.3. The third kappa shape index (κ3) is 3.64. The lowest BCUT2D eigenvalue weighted by Gasteiger charge is -2.17. The van der Waals surface area contributed by atoms with Gasteiger partial charge in [0.15, 0.2) is 5.16 Å². The SMILES string of the molecule is CC(C)[C@@H](C)NC(=O)CSc1nc2ccccc2c(=O)n1C1CC1. The topological polar surface area (TPSA) is 64.0 Å². The molecule has 24 heavy (non-hydrogen) atoms. The Morgan fingerprint density at radius 3 is 2.71 bits per heavy atom. The van der Waals surface area contributed by atoms with Crippen LogP contribution >= 0.6 is 11.8 Å². The fourth-order valence-corrected chi connectivity index (χ4v) is 3.35. The average molecular weight is 345 g/mol. The van der Waals surface area contributed by atoms with Gasteiger partial charge in [-0.1, -0.05) is 37.7 Å². The van der Waals surface area contributed by atoms with Crippen molar-refractivity contribution in [3.63, 3.8) is 0 Å². The summed E-state index contributed by atoms with van der Waals surface area (Å²) in [7, 11) is 0. The second-order valence-electron chi connectivity index (χ2n) is 6.71. The molecule has 1 atom stereocenters. The number of hydrogen-bond donors (Lipinski definition) is 1. The first-order valence-electron chi connectivity index (χ1n) is 8.41. The van der Waals surface area contributed by atoms with Crippen LogP contribution in [0.4, 0.5) is 0 Å². The number of rotatable bonds is 6. The molecule has 0 spiro atoms. The van der Waals surface area contributed by atoms with Gasteiger partial charge in [0.25, 0.3) is 5.56 Å². The Hall–Kier alpha value is -1.82. The van der Waals surface area contributed by atoms with Gasteiger partial charge in [-0.2, -0.15) is 0 Å². The first-order chi connectivity index (χ1) is 11.5. The number of aromatic nitrogens is 2. The lowest BCUT2D eigenvalue weighted by molar-refractivity contribution is -0.119. The summed E-state index contributed by atoms with van der Waals surface area (Å²) in [6.45, 7) is 6.16. The molecule has 128 valence electrons. The molecule has 0 aliphatic heterocycles. The highest BCUT2D eigenvalue weighted by molar-refractivity contribution is 7.99. The van der Waals surface area contributed by atoms with Crippen molar-refractivity contribution in [1.82, 2.24) is 14.9 Å². The molecule has 1 saturated carbocycles. The number of carbonyl (C=O) groups excluding carboxylic acids is 1. The highest BCUT2D eigenvalue weighted by atomic mass is 32.2. The molecule has 0 bridgehead atoms. The van der Waals surface area contributed by atoms with Crippen molar-refractivity contribution in [2.75, 3.05) is 5.75 Å². The van der Waals surface area contributed by atoms with Crippen LogP contribution in [0.5, 0.6) is 0 Å². The number of amides is 1. The molecule has 1 aromatic heterocycles. The van der Waals surface area contributed by atoms with E-state index in [2.05, 4.69) is 24.1 Å². The summed E-state index contributed by atoms with van der Waals surface area (Å²) in [6.07, 6.45) is 2.01. The van der Waals surface area contributed by atoms with Crippen LogP contribution in [0.3, 0.4) is 0 Å². The number of benzene rings is 1. The number of para-hydroxylation sites is 1. The van der Waals surface area contributed by atoms with E-state index in [4.69, 9.17) is 0 Å². The Morgan fingerprint density at radius 2 is 2.04 bits per heavy atom. The molecule has 0 saturated heterocycles. The van der Waals surface area contributed by atoms with E-state index in [9.17, 15) is 9.59 Å². The van der Waals surface area contributed by atoms with Gasteiger partial charge in [-0.05, 0) is 37.8 Å². The Balaban J connectivity index is 1.82. The third-order valence-electron chi connectivity index (χ3n) is 4.41. The number of thioether (sulfide) groups is 1. The summed E-state index contributed by atoms with van der Waals surface area (Å²) in [5.41, 5.74) is 0.694. The fraction of sp³-hybridized carbons (Fsp3) is 0.500. The van der Waals surface area contributed by atoms with Crippen LogP contribution in [0.25, 0.3) is 10.9 Å². The molecule has 6 heteroatoms. The average Bonchev–Trinajstić information content (AvgIpc) is 3.37. The van der Waals surface area contributed by atoms with Crippen molar-refractivity contribution >= 4 is 28.6 Å². The highest BCUT2D eigenvalue weighted by Crippen LogP contribution is 2.36. The van der Waals surface area contributed by atoms with Gasteiger partial charge >= 0.3 is 0 Å². The molecule has 5 nitrogen and oxygen atoms in total. The normalized spacial score (nSPS) is 15.7. The van der Waals surface area contributed by atoms with Crippen molar-refractivity contribution < 1.29 is 4.79 Å². The largest absolute Gasteiger partial charge is 0.353 e. The molecule has 1 aliphatic carbocycles. The predicted molar refractivity (Wildman–Crippen MR) is 97.4 cm³/mol. The Kier molecular flexibility index (Phi) is 4.94. The molecule has 1 amide bonds. The molecule has 1 aliphatic rings. The second-order valence-corrected chi connectivity index (χ2v) is 7.65. The first kappa shape index (κ1) is 17.0. The molecule has 3 rings (SSSR count). The van der Waals surface area contributed by atoms with E-state index in [1.165, 1.54) is 11.8 Å². The maximum Gasteiger partial charge on any atom is 0.262 e. The van der Waals surface area contributed by atoms with Crippen LogP contribution in [-0.2, 0) is 4.79 Å². The minimum atomic E-state index is -0.0223. The van der Waals surface area contributed by atoms with Crippen molar-refractivity contribution in [3.05, 3.63) is 34.6 Å². The van der Waals surface area contributed by atoms with Gasteiger partial charge in [0.2, 0.25) is 5.91 Å².